The van der Waals surface area contributed by atoms with Gasteiger partial charge in [-0.15, -0.1) is 0 Å². The van der Waals surface area contributed by atoms with Crippen LogP contribution in [0.3, 0.4) is 0 Å². The van der Waals surface area contributed by atoms with E-state index >= 15 is 0 Å². The lowest BCUT2D eigenvalue weighted by atomic mass is 9.98. The van der Waals surface area contributed by atoms with Crippen molar-refractivity contribution < 1.29 is 18.3 Å². The van der Waals surface area contributed by atoms with Crippen LogP contribution in [0.15, 0.2) is 80.4 Å². The SMILES string of the molecule is CCCCCOc1cccc(C2c3c(oc4ccc(F)cc4c3=O)C(=O)N2c2ccc(Br)cc2)c1. The van der Waals surface area contributed by atoms with Gasteiger partial charge in [-0.2, -0.15) is 0 Å². The van der Waals surface area contributed by atoms with Crippen molar-refractivity contribution in [3.05, 3.63) is 104 Å². The first-order chi connectivity index (χ1) is 17.0. The van der Waals surface area contributed by atoms with Gasteiger partial charge in [0.2, 0.25) is 5.76 Å². The van der Waals surface area contributed by atoms with Crippen molar-refractivity contribution >= 4 is 38.5 Å². The van der Waals surface area contributed by atoms with Gasteiger partial charge >= 0.3 is 0 Å². The average molecular weight is 536 g/mol. The number of anilines is 1. The van der Waals surface area contributed by atoms with E-state index < -0.39 is 23.2 Å². The Hall–Kier alpha value is -3.45. The van der Waals surface area contributed by atoms with Crippen LogP contribution in [0, 0.1) is 5.82 Å². The first-order valence-corrected chi connectivity index (χ1v) is 12.4. The summed E-state index contributed by atoms with van der Waals surface area (Å²) in [6.07, 6.45) is 3.11. The van der Waals surface area contributed by atoms with Gasteiger partial charge in [0.25, 0.3) is 5.91 Å². The number of carbonyl (C=O) groups is 1. The minimum absolute atomic E-state index is 0.0312. The van der Waals surface area contributed by atoms with Crippen LogP contribution < -0.4 is 15.1 Å². The van der Waals surface area contributed by atoms with Gasteiger partial charge in [0.1, 0.15) is 17.1 Å². The summed E-state index contributed by atoms with van der Waals surface area (Å²) in [4.78, 5) is 28.8. The smallest absolute Gasteiger partial charge is 0.295 e. The number of nitrogens with zero attached hydrogens (tertiary/aromatic N) is 1. The summed E-state index contributed by atoms with van der Waals surface area (Å²) in [6.45, 7) is 2.72. The number of rotatable bonds is 7. The largest absolute Gasteiger partial charge is 0.494 e. The summed E-state index contributed by atoms with van der Waals surface area (Å²) in [5.74, 6) is -0.342. The summed E-state index contributed by atoms with van der Waals surface area (Å²) in [5, 5.41) is 0.103. The van der Waals surface area contributed by atoms with Crippen LogP contribution in [0.5, 0.6) is 5.75 Å². The second-order valence-corrected chi connectivity index (χ2v) is 9.41. The fourth-order valence-electron chi connectivity index (χ4n) is 4.44. The standard InChI is InChI=1S/C28H23BrFNO4/c1-2-3-4-14-34-21-7-5-6-17(15-21)25-24-26(32)22-16-19(30)10-13-23(22)35-27(24)28(33)31(25)20-11-8-18(29)9-12-20/h5-13,15-16,25H,2-4,14H2,1H3. The maximum atomic E-state index is 14.0. The zero-order valence-corrected chi connectivity index (χ0v) is 20.7. The number of fused-ring (bicyclic) bond motifs is 2. The Bertz CT molecular complexity index is 1460. The number of benzene rings is 3. The molecule has 7 heteroatoms. The minimum atomic E-state index is -0.748. The molecule has 35 heavy (non-hydrogen) atoms. The van der Waals surface area contributed by atoms with Crippen molar-refractivity contribution in [2.75, 3.05) is 11.5 Å². The van der Waals surface area contributed by atoms with Crippen molar-refractivity contribution in [3.63, 3.8) is 0 Å². The van der Waals surface area contributed by atoms with Crippen molar-refractivity contribution in [1.29, 1.82) is 0 Å². The molecule has 178 valence electrons. The van der Waals surface area contributed by atoms with Gasteiger partial charge in [-0.05, 0) is 66.6 Å². The van der Waals surface area contributed by atoms with E-state index in [0.29, 0.717) is 23.6 Å². The number of hydrogen-bond donors (Lipinski definition) is 0. The fourth-order valence-corrected chi connectivity index (χ4v) is 4.71. The molecule has 0 bridgehead atoms. The predicted octanol–water partition coefficient (Wildman–Crippen LogP) is 7.01. The highest BCUT2D eigenvalue weighted by Gasteiger charge is 2.43. The minimum Gasteiger partial charge on any atom is -0.494 e. The molecule has 1 aliphatic rings. The molecule has 0 radical (unpaired) electrons. The summed E-state index contributed by atoms with van der Waals surface area (Å²) in [6, 6.07) is 17.7. The summed E-state index contributed by atoms with van der Waals surface area (Å²) >= 11 is 3.43. The van der Waals surface area contributed by atoms with Gasteiger partial charge in [-0.25, -0.2) is 4.39 Å². The average Bonchev–Trinajstić information content (AvgIpc) is 3.15. The highest BCUT2D eigenvalue weighted by Crippen LogP contribution is 2.42. The molecule has 0 fully saturated rings. The maximum Gasteiger partial charge on any atom is 0.295 e. The lowest BCUT2D eigenvalue weighted by molar-refractivity contribution is 0.0971. The highest BCUT2D eigenvalue weighted by molar-refractivity contribution is 9.10. The molecule has 5 rings (SSSR count). The van der Waals surface area contributed by atoms with E-state index in [1.165, 1.54) is 12.1 Å². The molecule has 5 nitrogen and oxygen atoms in total. The number of halogens is 2. The molecule has 1 aromatic heterocycles. The van der Waals surface area contributed by atoms with Gasteiger partial charge < -0.3 is 9.15 Å². The van der Waals surface area contributed by atoms with Crippen LogP contribution in [0.4, 0.5) is 10.1 Å². The third kappa shape index (κ3) is 4.36. The Balaban J connectivity index is 1.67. The van der Waals surface area contributed by atoms with Crippen LogP contribution in [0.25, 0.3) is 11.0 Å². The highest BCUT2D eigenvalue weighted by atomic mass is 79.9. The molecule has 1 aliphatic heterocycles. The monoisotopic (exact) mass is 535 g/mol. The van der Waals surface area contributed by atoms with E-state index in [1.807, 2.05) is 36.4 Å². The van der Waals surface area contributed by atoms with E-state index in [2.05, 4.69) is 22.9 Å². The van der Waals surface area contributed by atoms with Crippen molar-refractivity contribution in [2.24, 2.45) is 0 Å². The van der Waals surface area contributed by atoms with Crippen molar-refractivity contribution in [2.45, 2.75) is 32.2 Å². The first kappa shape index (κ1) is 23.3. The molecule has 0 saturated carbocycles. The molecule has 4 aromatic rings. The van der Waals surface area contributed by atoms with Crippen molar-refractivity contribution in [1.82, 2.24) is 0 Å². The second-order valence-electron chi connectivity index (χ2n) is 8.50. The number of carbonyl (C=O) groups excluding carboxylic acids is 1. The molecule has 1 amide bonds. The Kier molecular flexibility index (Phi) is 6.43. The lowest BCUT2D eigenvalue weighted by Gasteiger charge is -2.25. The topological polar surface area (TPSA) is 59.8 Å². The third-order valence-electron chi connectivity index (χ3n) is 6.13. The Morgan fingerprint density at radius 3 is 2.60 bits per heavy atom. The molecule has 0 N–H and O–H groups in total. The second kappa shape index (κ2) is 9.66. The van der Waals surface area contributed by atoms with Gasteiger partial charge in [-0.1, -0.05) is 47.8 Å². The molecular formula is C28H23BrFNO4. The maximum absolute atomic E-state index is 14.0. The van der Waals surface area contributed by atoms with Crippen LogP contribution >= 0.6 is 15.9 Å². The summed E-state index contributed by atoms with van der Waals surface area (Å²) in [5.41, 5.74) is 1.26. The fraction of sp³-hybridized carbons (Fsp3) is 0.214. The molecule has 2 heterocycles. The van der Waals surface area contributed by atoms with Crippen molar-refractivity contribution in [3.8, 4) is 5.75 Å². The molecule has 0 spiro atoms. The normalized spacial score (nSPS) is 15.0. The van der Waals surface area contributed by atoms with Crippen LogP contribution in [-0.4, -0.2) is 12.5 Å². The third-order valence-corrected chi connectivity index (χ3v) is 6.66. The lowest BCUT2D eigenvalue weighted by Crippen LogP contribution is -2.29. The number of hydrogen-bond acceptors (Lipinski definition) is 4. The van der Waals surface area contributed by atoms with Crippen LogP contribution in [0.1, 0.15) is 53.9 Å². The van der Waals surface area contributed by atoms with Gasteiger partial charge in [0.05, 0.1) is 23.6 Å². The quantitative estimate of drug-likeness (QED) is 0.239. The molecule has 0 aliphatic carbocycles. The molecular weight excluding hydrogens is 513 g/mol. The van der Waals surface area contributed by atoms with E-state index in [0.717, 1.165) is 29.8 Å². The molecule has 1 unspecified atom stereocenters. The van der Waals surface area contributed by atoms with Gasteiger partial charge in [-0.3, -0.25) is 14.5 Å². The Morgan fingerprint density at radius 2 is 1.83 bits per heavy atom. The molecule has 3 aromatic carbocycles. The number of amides is 1. The Labute approximate surface area is 210 Å². The van der Waals surface area contributed by atoms with E-state index in [-0.39, 0.29) is 22.3 Å². The molecule has 0 saturated heterocycles. The van der Waals surface area contributed by atoms with Gasteiger partial charge in [0.15, 0.2) is 5.43 Å². The van der Waals surface area contributed by atoms with Crippen LogP contribution in [-0.2, 0) is 0 Å². The van der Waals surface area contributed by atoms with E-state index in [9.17, 15) is 14.0 Å². The van der Waals surface area contributed by atoms with Gasteiger partial charge in [0, 0.05) is 10.2 Å². The predicted molar refractivity (Wildman–Crippen MR) is 137 cm³/mol. The summed E-state index contributed by atoms with van der Waals surface area (Å²) in [7, 11) is 0. The molecule has 1 atom stereocenters. The summed E-state index contributed by atoms with van der Waals surface area (Å²) < 4.78 is 26.7. The van der Waals surface area contributed by atoms with E-state index in [4.69, 9.17) is 9.15 Å². The zero-order valence-electron chi connectivity index (χ0n) is 19.1. The Morgan fingerprint density at radius 1 is 1.03 bits per heavy atom. The number of unbranched alkanes of at least 4 members (excludes halogenated alkanes) is 2. The zero-order chi connectivity index (χ0) is 24.5. The number of ether oxygens (including phenoxy) is 1. The van der Waals surface area contributed by atoms with E-state index in [1.54, 1.807) is 17.0 Å². The van der Waals surface area contributed by atoms with Crippen LogP contribution in [0.2, 0.25) is 0 Å². The first-order valence-electron chi connectivity index (χ1n) is 11.6.